The van der Waals surface area contributed by atoms with Gasteiger partial charge in [-0.25, -0.2) is 0 Å². The topological polar surface area (TPSA) is 37.7 Å². The Morgan fingerprint density at radius 3 is 2.55 bits per heavy atom. The van der Waals surface area contributed by atoms with Crippen molar-refractivity contribution in [2.24, 2.45) is 0 Å². The average Bonchev–Trinajstić information content (AvgIpc) is 3.01. The molecule has 5 heteroatoms. The van der Waals surface area contributed by atoms with E-state index in [9.17, 15) is 4.79 Å². The van der Waals surface area contributed by atoms with Crippen LogP contribution in [0.5, 0.6) is 11.5 Å². The molecule has 29 heavy (non-hydrogen) atoms. The number of amides is 1. The van der Waals surface area contributed by atoms with Gasteiger partial charge in [0.15, 0.2) is 17.2 Å². The largest absolute Gasteiger partial charge is 0.452 e. The molecule has 0 aliphatic carbocycles. The predicted molar refractivity (Wildman–Crippen MR) is 116 cm³/mol. The third-order valence-electron chi connectivity index (χ3n) is 6.18. The normalized spacial score (nSPS) is 17.0. The molecule has 3 heterocycles. The number of benzene rings is 2. The number of likely N-dealkylation sites (tertiary alicyclic amines) is 1. The van der Waals surface area contributed by atoms with Crippen LogP contribution in [0.25, 0.3) is 10.9 Å². The smallest absolute Gasteiger partial charge is 0.278 e. The maximum Gasteiger partial charge on any atom is 0.278 e. The summed E-state index contributed by atoms with van der Waals surface area (Å²) >= 11 is 0. The minimum Gasteiger partial charge on any atom is -0.452 e. The molecule has 2 aromatic carbocycles. The van der Waals surface area contributed by atoms with Crippen molar-refractivity contribution in [1.29, 1.82) is 0 Å². The molecule has 3 aromatic rings. The molecule has 0 atom stereocenters. The lowest BCUT2D eigenvalue weighted by Crippen LogP contribution is -2.31. The van der Waals surface area contributed by atoms with Gasteiger partial charge in [0.1, 0.15) is 0 Å². The lowest BCUT2D eigenvalue weighted by atomic mass is 10.1. The van der Waals surface area contributed by atoms with Crippen LogP contribution in [-0.4, -0.2) is 42.1 Å². The third kappa shape index (κ3) is 3.19. The van der Waals surface area contributed by atoms with Gasteiger partial charge in [-0.15, -0.1) is 0 Å². The number of fused-ring (bicyclic) bond motifs is 4. The highest BCUT2D eigenvalue weighted by Crippen LogP contribution is 2.43. The van der Waals surface area contributed by atoms with E-state index in [0.717, 1.165) is 41.9 Å². The van der Waals surface area contributed by atoms with Crippen molar-refractivity contribution in [3.8, 4) is 11.5 Å². The first kappa shape index (κ1) is 18.3. The number of hydrogen-bond donors (Lipinski definition) is 0. The fourth-order valence-corrected chi connectivity index (χ4v) is 4.65. The van der Waals surface area contributed by atoms with E-state index in [0.29, 0.717) is 11.4 Å². The van der Waals surface area contributed by atoms with Gasteiger partial charge in [0.05, 0.1) is 11.2 Å². The predicted octanol–water partition coefficient (Wildman–Crippen LogP) is 4.90. The van der Waals surface area contributed by atoms with Gasteiger partial charge in [0, 0.05) is 19.0 Å². The van der Waals surface area contributed by atoms with Gasteiger partial charge in [0.2, 0.25) is 0 Å². The summed E-state index contributed by atoms with van der Waals surface area (Å²) in [4.78, 5) is 17.7. The summed E-state index contributed by atoms with van der Waals surface area (Å²) in [7, 11) is 1.83. The minimum absolute atomic E-state index is 0.0147. The van der Waals surface area contributed by atoms with Gasteiger partial charge in [0.25, 0.3) is 5.91 Å². The summed E-state index contributed by atoms with van der Waals surface area (Å²) in [6.45, 7) is 4.28. The van der Waals surface area contributed by atoms with Crippen molar-refractivity contribution in [1.82, 2.24) is 9.47 Å². The molecule has 2 aliphatic rings. The van der Waals surface area contributed by atoms with E-state index in [-0.39, 0.29) is 5.91 Å². The van der Waals surface area contributed by atoms with Crippen LogP contribution in [0.4, 0.5) is 5.69 Å². The Bertz CT molecular complexity index is 1050. The quantitative estimate of drug-likeness (QED) is 0.637. The number of anilines is 1. The number of ether oxygens (including phenoxy) is 1. The molecule has 0 spiro atoms. The second-order valence-corrected chi connectivity index (χ2v) is 8.04. The second kappa shape index (κ2) is 7.56. The van der Waals surface area contributed by atoms with Gasteiger partial charge in [-0.1, -0.05) is 30.7 Å². The molecule has 5 rings (SSSR count). The molecule has 1 amide bonds. The van der Waals surface area contributed by atoms with Crippen molar-refractivity contribution in [2.75, 3.05) is 31.6 Å². The highest BCUT2D eigenvalue weighted by molar-refractivity contribution is 6.12. The molecule has 150 valence electrons. The standard InChI is InChI=1S/C24H27N3O2/c1-25-20-12-5-6-13-21(20)29-23-18-10-3-4-11-19(18)27(22(23)24(25)28)17-9-16-26-14-7-2-8-15-26/h3-6,10-13H,2,7-9,14-17H2,1H3. The molecular formula is C24H27N3O2. The zero-order valence-electron chi connectivity index (χ0n) is 16.9. The summed E-state index contributed by atoms with van der Waals surface area (Å²) in [5.41, 5.74) is 2.53. The summed E-state index contributed by atoms with van der Waals surface area (Å²) in [5.74, 6) is 1.39. The Labute approximate surface area is 171 Å². The summed E-state index contributed by atoms with van der Waals surface area (Å²) in [6, 6.07) is 15.9. The zero-order chi connectivity index (χ0) is 19.8. The van der Waals surface area contributed by atoms with E-state index in [4.69, 9.17) is 4.74 Å². The van der Waals surface area contributed by atoms with Gasteiger partial charge in [-0.2, -0.15) is 0 Å². The maximum atomic E-state index is 13.5. The molecule has 0 radical (unpaired) electrons. The molecule has 0 N–H and O–H groups in total. The summed E-state index contributed by atoms with van der Waals surface area (Å²) < 4.78 is 8.51. The number of hydrogen-bond acceptors (Lipinski definition) is 3. The first-order chi connectivity index (χ1) is 14.2. The van der Waals surface area contributed by atoms with Crippen LogP contribution in [0.3, 0.4) is 0 Å². The Morgan fingerprint density at radius 1 is 0.931 bits per heavy atom. The SMILES string of the molecule is CN1C(=O)c2c(c3ccccc3n2CCCN2CCCCC2)Oc2ccccc21. The molecule has 1 aromatic heterocycles. The number of para-hydroxylation sites is 3. The molecular weight excluding hydrogens is 362 g/mol. The van der Waals surface area contributed by atoms with Crippen LogP contribution in [-0.2, 0) is 6.54 Å². The second-order valence-electron chi connectivity index (χ2n) is 8.04. The first-order valence-corrected chi connectivity index (χ1v) is 10.6. The fraction of sp³-hybridized carbons (Fsp3) is 0.375. The molecule has 0 bridgehead atoms. The average molecular weight is 389 g/mol. The van der Waals surface area contributed by atoms with Crippen LogP contribution < -0.4 is 9.64 Å². The number of rotatable bonds is 4. The lowest BCUT2D eigenvalue weighted by Gasteiger charge is -2.26. The van der Waals surface area contributed by atoms with Crippen LogP contribution in [0.15, 0.2) is 48.5 Å². The molecule has 1 fully saturated rings. The maximum absolute atomic E-state index is 13.5. The summed E-state index contributed by atoms with van der Waals surface area (Å²) in [6.07, 6.45) is 4.98. The van der Waals surface area contributed by atoms with Gasteiger partial charge < -0.3 is 19.1 Å². The lowest BCUT2D eigenvalue weighted by molar-refractivity contribution is 0.0984. The van der Waals surface area contributed by atoms with Crippen LogP contribution >= 0.6 is 0 Å². The third-order valence-corrected chi connectivity index (χ3v) is 6.18. The monoisotopic (exact) mass is 389 g/mol. The van der Waals surface area contributed by atoms with Crippen LogP contribution in [0, 0.1) is 0 Å². The Balaban J connectivity index is 1.53. The van der Waals surface area contributed by atoms with Crippen molar-refractivity contribution in [2.45, 2.75) is 32.2 Å². The van der Waals surface area contributed by atoms with Crippen molar-refractivity contribution < 1.29 is 9.53 Å². The van der Waals surface area contributed by atoms with Crippen molar-refractivity contribution in [3.05, 3.63) is 54.2 Å². The van der Waals surface area contributed by atoms with Gasteiger partial charge >= 0.3 is 0 Å². The highest BCUT2D eigenvalue weighted by atomic mass is 16.5. The highest BCUT2D eigenvalue weighted by Gasteiger charge is 2.31. The van der Waals surface area contributed by atoms with E-state index in [1.165, 1.54) is 32.4 Å². The molecule has 5 nitrogen and oxygen atoms in total. The van der Waals surface area contributed by atoms with E-state index < -0.39 is 0 Å². The Hall–Kier alpha value is -2.79. The van der Waals surface area contributed by atoms with Crippen molar-refractivity contribution >= 4 is 22.5 Å². The molecule has 1 saturated heterocycles. The Morgan fingerprint density at radius 2 is 1.69 bits per heavy atom. The van der Waals surface area contributed by atoms with E-state index >= 15 is 0 Å². The first-order valence-electron chi connectivity index (χ1n) is 10.6. The van der Waals surface area contributed by atoms with E-state index in [2.05, 4.69) is 21.6 Å². The minimum atomic E-state index is -0.0147. The molecule has 2 aliphatic heterocycles. The Kier molecular flexibility index (Phi) is 4.76. The number of carbonyl (C=O) groups excluding carboxylic acids is 1. The van der Waals surface area contributed by atoms with E-state index in [1.807, 2.05) is 43.4 Å². The molecule has 0 saturated carbocycles. The van der Waals surface area contributed by atoms with E-state index in [1.54, 1.807) is 4.90 Å². The number of nitrogens with zero attached hydrogens (tertiary/aromatic N) is 3. The molecule has 0 unspecified atom stereocenters. The fourth-order valence-electron chi connectivity index (χ4n) is 4.65. The number of aromatic nitrogens is 1. The zero-order valence-corrected chi connectivity index (χ0v) is 16.9. The van der Waals surface area contributed by atoms with Gasteiger partial charge in [-0.05, 0) is 63.2 Å². The number of piperidine rings is 1. The van der Waals surface area contributed by atoms with Gasteiger partial charge in [-0.3, -0.25) is 4.79 Å². The number of aryl methyl sites for hydroxylation is 1. The van der Waals surface area contributed by atoms with Crippen LogP contribution in [0.2, 0.25) is 0 Å². The van der Waals surface area contributed by atoms with Crippen molar-refractivity contribution in [3.63, 3.8) is 0 Å². The van der Waals surface area contributed by atoms with Crippen LogP contribution in [0.1, 0.15) is 36.2 Å². The number of carbonyl (C=O) groups is 1. The summed E-state index contributed by atoms with van der Waals surface area (Å²) in [5, 5.41) is 0.999.